The van der Waals surface area contributed by atoms with E-state index < -0.39 is 0 Å². The summed E-state index contributed by atoms with van der Waals surface area (Å²) in [5.41, 5.74) is 2.38. The van der Waals surface area contributed by atoms with E-state index in [0.29, 0.717) is 17.4 Å². The van der Waals surface area contributed by atoms with Crippen molar-refractivity contribution in [2.75, 3.05) is 0 Å². The summed E-state index contributed by atoms with van der Waals surface area (Å²) in [5, 5.41) is 3.21. The maximum Gasteiger partial charge on any atom is 0.344 e. The Labute approximate surface area is 137 Å². The van der Waals surface area contributed by atoms with E-state index in [4.69, 9.17) is 16.0 Å². The van der Waals surface area contributed by atoms with Crippen molar-refractivity contribution in [1.82, 2.24) is 0 Å². The fourth-order valence-corrected chi connectivity index (χ4v) is 3.10. The van der Waals surface area contributed by atoms with Gasteiger partial charge in [-0.1, -0.05) is 60.1 Å². The lowest BCUT2D eigenvalue weighted by atomic mass is 10.0. The lowest BCUT2D eigenvalue weighted by molar-refractivity contribution is 0.569. The summed E-state index contributed by atoms with van der Waals surface area (Å²) in [6.07, 6.45) is 0.682. The second-order valence-electron chi connectivity index (χ2n) is 5.53. The van der Waals surface area contributed by atoms with E-state index in [1.54, 1.807) is 0 Å². The molecule has 1 aromatic heterocycles. The molecule has 0 radical (unpaired) electrons. The minimum absolute atomic E-state index is 0.306. The van der Waals surface area contributed by atoms with Gasteiger partial charge in [0.25, 0.3) is 0 Å². The largest absolute Gasteiger partial charge is 0.422 e. The molecule has 0 unspecified atom stereocenters. The van der Waals surface area contributed by atoms with Gasteiger partial charge in [0.05, 0.1) is 5.39 Å². The normalized spacial score (nSPS) is 11.2. The van der Waals surface area contributed by atoms with E-state index >= 15 is 0 Å². The Morgan fingerprint density at radius 1 is 0.826 bits per heavy atom. The number of hydrogen-bond donors (Lipinski definition) is 0. The van der Waals surface area contributed by atoms with Crippen LogP contribution >= 0.6 is 11.6 Å². The fourth-order valence-electron chi connectivity index (χ4n) is 2.90. The van der Waals surface area contributed by atoms with Gasteiger partial charge < -0.3 is 4.42 Å². The Hall–Kier alpha value is -2.58. The van der Waals surface area contributed by atoms with Gasteiger partial charge in [0.2, 0.25) is 0 Å². The molecule has 0 bridgehead atoms. The maximum atomic E-state index is 12.3. The molecular weight excluding hydrogens is 308 g/mol. The number of para-hydroxylation sites is 1. The molecule has 4 rings (SSSR count). The molecule has 0 spiro atoms. The highest BCUT2D eigenvalue weighted by molar-refractivity contribution is 6.31. The SMILES string of the molecule is O=c1oc2ccccc2c2ccc(Cc3ccccc3Cl)cc12. The van der Waals surface area contributed by atoms with Gasteiger partial charge in [-0.25, -0.2) is 4.79 Å². The number of halogens is 1. The van der Waals surface area contributed by atoms with Crippen LogP contribution in [0.4, 0.5) is 0 Å². The molecule has 0 aliphatic heterocycles. The van der Waals surface area contributed by atoms with Gasteiger partial charge in [0, 0.05) is 10.4 Å². The van der Waals surface area contributed by atoms with Crippen molar-refractivity contribution in [3.8, 4) is 0 Å². The topological polar surface area (TPSA) is 30.2 Å². The standard InChI is InChI=1S/C20H13ClO2/c21-18-7-3-1-5-14(18)11-13-9-10-15-16-6-2-4-8-19(16)23-20(22)17(15)12-13/h1-10,12H,11H2. The van der Waals surface area contributed by atoms with Gasteiger partial charge in [-0.05, 0) is 41.1 Å². The van der Waals surface area contributed by atoms with Crippen molar-refractivity contribution in [1.29, 1.82) is 0 Å². The number of fused-ring (bicyclic) bond motifs is 3. The van der Waals surface area contributed by atoms with Crippen molar-refractivity contribution in [2.24, 2.45) is 0 Å². The summed E-state index contributed by atoms with van der Waals surface area (Å²) in [4.78, 5) is 12.3. The zero-order valence-corrected chi connectivity index (χ0v) is 13.0. The van der Waals surface area contributed by atoms with Crippen LogP contribution in [0.15, 0.2) is 75.9 Å². The molecule has 1 heterocycles. The molecule has 4 aromatic rings. The molecular formula is C20H13ClO2. The maximum absolute atomic E-state index is 12.3. The Kier molecular flexibility index (Phi) is 3.40. The average Bonchev–Trinajstić information content (AvgIpc) is 2.57. The molecule has 2 nitrogen and oxygen atoms in total. The molecule has 0 atom stereocenters. The van der Waals surface area contributed by atoms with E-state index in [1.165, 1.54) is 0 Å². The first kappa shape index (κ1) is 14.0. The molecule has 0 amide bonds. The van der Waals surface area contributed by atoms with Gasteiger partial charge in [0.1, 0.15) is 5.58 Å². The first-order chi connectivity index (χ1) is 11.2. The van der Waals surface area contributed by atoms with Crippen LogP contribution in [0.1, 0.15) is 11.1 Å². The summed E-state index contributed by atoms with van der Waals surface area (Å²) in [6.45, 7) is 0. The molecule has 23 heavy (non-hydrogen) atoms. The first-order valence-corrected chi connectivity index (χ1v) is 7.78. The van der Waals surface area contributed by atoms with Crippen LogP contribution in [0, 0.1) is 0 Å². The van der Waals surface area contributed by atoms with Crippen molar-refractivity contribution >= 4 is 33.3 Å². The van der Waals surface area contributed by atoms with E-state index in [1.807, 2.05) is 66.7 Å². The highest BCUT2D eigenvalue weighted by atomic mass is 35.5. The Morgan fingerprint density at radius 2 is 1.61 bits per heavy atom. The smallest absolute Gasteiger partial charge is 0.344 e. The zero-order chi connectivity index (χ0) is 15.8. The zero-order valence-electron chi connectivity index (χ0n) is 12.3. The van der Waals surface area contributed by atoms with E-state index in [2.05, 4.69) is 0 Å². The lowest BCUT2D eigenvalue weighted by Crippen LogP contribution is -2.01. The van der Waals surface area contributed by atoms with Crippen molar-refractivity contribution in [2.45, 2.75) is 6.42 Å². The Morgan fingerprint density at radius 3 is 2.48 bits per heavy atom. The molecule has 0 aliphatic rings. The van der Waals surface area contributed by atoms with Gasteiger partial charge in [-0.3, -0.25) is 0 Å². The van der Waals surface area contributed by atoms with Crippen molar-refractivity contribution in [3.63, 3.8) is 0 Å². The summed E-state index contributed by atoms with van der Waals surface area (Å²) >= 11 is 6.22. The predicted octanol–water partition coefficient (Wildman–Crippen LogP) is 5.19. The second-order valence-corrected chi connectivity index (χ2v) is 5.94. The van der Waals surface area contributed by atoms with Crippen LogP contribution in [0.3, 0.4) is 0 Å². The average molecular weight is 321 g/mol. The summed E-state index contributed by atoms with van der Waals surface area (Å²) in [5.74, 6) is 0. The summed E-state index contributed by atoms with van der Waals surface area (Å²) in [7, 11) is 0. The van der Waals surface area contributed by atoms with Crippen LogP contribution in [-0.2, 0) is 6.42 Å². The van der Waals surface area contributed by atoms with Crippen LogP contribution in [-0.4, -0.2) is 0 Å². The lowest BCUT2D eigenvalue weighted by Gasteiger charge is -2.07. The highest BCUT2D eigenvalue weighted by Gasteiger charge is 2.08. The molecule has 3 heteroatoms. The van der Waals surface area contributed by atoms with Crippen LogP contribution in [0.5, 0.6) is 0 Å². The quantitative estimate of drug-likeness (QED) is 0.376. The molecule has 0 fully saturated rings. The van der Waals surface area contributed by atoms with Gasteiger partial charge in [-0.15, -0.1) is 0 Å². The van der Waals surface area contributed by atoms with Gasteiger partial charge >= 0.3 is 5.63 Å². The molecule has 112 valence electrons. The van der Waals surface area contributed by atoms with Crippen LogP contribution in [0.25, 0.3) is 21.7 Å². The van der Waals surface area contributed by atoms with Crippen LogP contribution < -0.4 is 5.63 Å². The Balaban J connectivity index is 1.88. The summed E-state index contributed by atoms with van der Waals surface area (Å²) < 4.78 is 5.42. The van der Waals surface area contributed by atoms with E-state index in [9.17, 15) is 4.79 Å². The third kappa shape index (κ3) is 2.51. The molecule has 0 aliphatic carbocycles. The van der Waals surface area contributed by atoms with Crippen LogP contribution in [0.2, 0.25) is 5.02 Å². The fraction of sp³-hybridized carbons (Fsp3) is 0.0500. The monoisotopic (exact) mass is 320 g/mol. The van der Waals surface area contributed by atoms with Crippen molar-refractivity contribution < 1.29 is 4.42 Å². The third-order valence-corrected chi connectivity index (χ3v) is 4.40. The number of hydrogen-bond acceptors (Lipinski definition) is 2. The minimum Gasteiger partial charge on any atom is -0.422 e. The third-order valence-electron chi connectivity index (χ3n) is 4.04. The van der Waals surface area contributed by atoms with Gasteiger partial charge in [-0.2, -0.15) is 0 Å². The van der Waals surface area contributed by atoms with Crippen molar-refractivity contribution in [3.05, 3.63) is 93.3 Å². The summed E-state index contributed by atoms with van der Waals surface area (Å²) in [6, 6.07) is 21.3. The molecule has 0 saturated heterocycles. The highest BCUT2D eigenvalue weighted by Crippen LogP contribution is 2.25. The number of benzene rings is 3. The molecule has 3 aromatic carbocycles. The Bertz CT molecular complexity index is 1080. The predicted molar refractivity (Wildman–Crippen MR) is 94.2 cm³/mol. The van der Waals surface area contributed by atoms with Gasteiger partial charge in [0.15, 0.2) is 0 Å². The van der Waals surface area contributed by atoms with E-state index in [0.717, 1.165) is 26.9 Å². The number of rotatable bonds is 2. The first-order valence-electron chi connectivity index (χ1n) is 7.40. The van der Waals surface area contributed by atoms with E-state index in [-0.39, 0.29) is 5.63 Å². The molecule has 0 N–H and O–H groups in total. The molecule has 0 saturated carbocycles. The second kappa shape index (κ2) is 5.56. The minimum atomic E-state index is -0.306.